The van der Waals surface area contributed by atoms with Crippen molar-refractivity contribution in [2.45, 2.75) is 19.3 Å². The average Bonchev–Trinajstić information content (AvgIpc) is 2.74. The zero-order chi connectivity index (χ0) is 11.1. The summed E-state index contributed by atoms with van der Waals surface area (Å²) in [4.78, 5) is 16.5. The van der Waals surface area contributed by atoms with E-state index in [-0.39, 0.29) is 11.2 Å². The summed E-state index contributed by atoms with van der Waals surface area (Å²) >= 11 is 17.6. The number of carbonyl (C=O) groups excluding carboxylic acids is 1. The van der Waals surface area contributed by atoms with Crippen molar-refractivity contribution in [3.63, 3.8) is 0 Å². The van der Waals surface area contributed by atoms with Crippen LogP contribution in [-0.2, 0) is 4.79 Å². The standard InChI is InChI=1S/C10H12Cl3NO/c11-4-10(5-12)2-1-9(8(10)15)3-7(13)14-6-9/h1-6H2/t9-/m1/s1. The Morgan fingerprint density at radius 3 is 2.33 bits per heavy atom. The Morgan fingerprint density at radius 1 is 1.27 bits per heavy atom. The average molecular weight is 269 g/mol. The van der Waals surface area contributed by atoms with E-state index < -0.39 is 5.41 Å². The summed E-state index contributed by atoms with van der Waals surface area (Å²) in [6.45, 7) is 0.514. The monoisotopic (exact) mass is 267 g/mol. The summed E-state index contributed by atoms with van der Waals surface area (Å²) in [6, 6.07) is 0. The molecular weight excluding hydrogens is 256 g/mol. The first-order valence-electron chi connectivity index (χ1n) is 4.94. The highest BCUT2D eigenvalue weighted by Crippen LogP contribution is 2.51. The lowest BCUT2D eigenvalue weighted by Gasteiger charge is -2.26. The van der Waals surface area contributed by atoms with Crippen LogP contribution in [0.25, 0.3) is 0 Å². The van der Waals surface area contributed by atoms with Crippen molar-refractivity contribution in [1.82, 2.24) is 0 Å². The molecule has 0 aromatic carbocycles. The third kappa shape index (κ3) is 1.62. The van der Waals surface area contributed by atoms with Gasteiger partial charge in [0.2, 0.25) is 0 Å². The number of rotatable bonds is 2. The molecule has 1 aliphatic carbocycles. The Hall–Kier alpha value is 0.210. The van der Waals surface area contributed by atoms with Crippen molar-refractivity contribution in [1.29, 1.82) is 0 Å². The van der Waals surface area contributed by atoms with E-state index in [1.807, 2.05) is 0 Å². The molecule has 84 valence electrons. The molecule has 2 aliphatic rings. The van der Waals surface area contributed by atoms with Crippen LogP contribution in [-0.4, -0.2) is 29.3 Å². The molecule has 1 saturated carbocycles. The van der Waals surface area contributed by atoms with Crippen molar-refractivity contribution < 1.29 is 4.79 Å². The lowest BCUT2D eigenvalue weighted by molar-refractivity contribution is -0.131. The Balaban J connectivity index is 2.25. The molecule has 0 N–H and O–H groups in total. The van der Waals surface area contributed by atoms with E-state index in [1.54, 1.807) is 0 Å². The summed E-state index contributed by atoms with van der Waals surface area (Å²) < 4.78 is 0. The molecule has 0 bridgehead atoms. The van der Waals surface area contributed by atoms with E-state index in [9.17, 15) is 4.79 Å². The second-order valence-electron chi connectivity index (χ2n) is 4.53. The summed E-state index contributed by atoms with van der Waals surface area (Å²) in [5.41, 5.74) is -0.930. The smallest absolute Gasteiger partial charge is 0.149 e. The van der Waals surface area contributed by atoms with E-state index >= 15 is 0 Å². The molecule has 1 spiro atoms. The van der Waals surface area contributed by atoms with Crippen LogP contribution >= 0.6 is 34.8 Å². The highest BCUT2D eigenvalue weighted by atomic mass is 35.5. The van der Waals surface area contributed by atoms with Gasteiger partial charge < -0.3 is 0 Å². The molecule has 0 radical (unpaired) electrons. The number of alkyl halides is 2. The van der Waals surface area contributed by atoms with Gasteiger partial charge in [-0.15, -0.1) is 23.2 Å². The van der Waals surface area contributed by atoms with Gasteiger partial charge in [-0.05, 0) is 12.8 Å². The maximum atomic E-state index is 12.4. The summed E-state index contributed by atoms with van der Waals surface area (Å²) in [7, 11) is 0. The fourth-order valence-electron chi connectivity index (χ4n) is 2.51. The van der Waals surface area contributed by atoms with Gasteiger partial charge in [0.1, 0.15) is 11.0 Å². The molecule has 1 fully saturated rings. The van der Waals surface area contributed by atoms with Crippen molar-refractivity contribution in [2.24, 2.45) is 15.8 Å². The lowest BCUT2D eigenvalue weighted by atomic mass is 9.79. The Kier molecular flexibility index (Phi) is 3.04. The number of carbonyl (C=O) groups is 1. The van der Waals surface area contributed by atoms with Gasteiger partial charge in [0.05, 0.1) is 17.4 Å². The molecule has 5 heteroatoms. The van der Waals surface area contributed by atoms with Crippen LogP contribution in [0.4, 0.5) is 0 Å². The first-order chi connectivity index (χ1) is 7.08. The molecule has 15 heavy (non-hydrogen) atoms. The molecule has 0 saturated heterocycles. The SMILES string of the molecule is O=C1C(CCl)(CCl)CC[C@@]12CN=C(Cl)C2. The van der Waals surface area contributed by atoms with E-state index in [1.165, 1.54) is 0 Å². The number of hydrogen-bond donors (Lipinski definition) is 0. The van der Waals surface area contributed by atoms with Crippen molar-refractivity contribution >= 4 is 45.8 Å². The quantitative estimate of drug-likeness (QED) is 0.708. The lowest BCUT2D eigenvalue weighted by Crippen LogP contribution is -2.39. The van der Waals surface area contributed by atoms with Crippen LogP contribution in [0.2, 0.25) is 0 Å². The topological polar surface area (TPSA) is 29.4 Å². The maximum Gasteiger partial charge on any atom is 0.149 e. The molecule has 0 aromatic heterocycles. The molecule has 2 rings (SSSR count). The van der Waals surface area contributed by atoms with Crippen LogP contribution in [0.15, 0.2) is 4.99 Å². The van der Waals surface area contributed by atoms with Gasteiger partial charge in [0.15, 0.2) is 0 Å². The number of halogens is 3. The van der Waals surface area contributed by atoms with Gasteiger partial charge in [-0.2, -0.15) is 0 Å². The Labute approximate surface area is 104 Å². The zero-order valence-electron chi connectivity index (χ0n) is 8.23. The van der Waals surface area contributed by atoms with Crippen molar-refractivity contribution in [2.75, 3.05) is 18.3 Å². The minimum Gasteiger partial charge on any atom is -0.298 e. The van der Waals surface area contributed by atoms with Crippen LogP contribution in [0, 0.1) is 10.8 Å². The number of nitrogens with zero attached hydrogens (tertiary/aromatic N) is 1. The third-order valence-corrected chi connectivity index (χ3v) is 4.87. The largest absolute Gasteiger partial charge is 0.298 e. The first kappa shape index (κ1) is 11.7. The Bertz CT molecular complexity index is 325. The van der Waals surface area contributed by atoms with E-state index in [4.69, 9.17) is 34.8 Å². The van der Waals surface area contributed by atoms with Gasteiger partial charge in [-0.25, -0.2) is 0 Å². The maximum absolute atomic E-state index is 12.4. The molecule has 0 unspecified atom stereocenters. The normalized spacial score (nSPS) is 33.8. The van der Waals surface area contributed by atoms with Gasteiger partial charge in [-0.3, -0.25) is 9.79 Å². The fourth-order valence-corrected chi connectivity index (χ4v) is 3.62. The number of aliphatic imine (C=N–C) groups is 1. The predicted molar refractivity (Wildman–Crippen MR) is 63.3 cm³/mol. The second-order valence-corrected chi connectivity index (χ2v) is 5.50. The molecule has 0 aromatic rings. The van der Waals surface area contributed by atoms with Gasteiger partial charge in [0.25, 0.3) is 0 Å². The number of ketones is 1. The molecular formula is C10H12Cl3NO. The fraction of sp³-hybridized carbons (Fsp3) is 0.800. The molecule has 0 amide bonds. The van der Waals surface area contributed by atoms with Crippen LogP contribution in [0.1, 0.15) is 19.3 Å². The molecule has 1 atom stereocenters. The predicted octanol–water partition coefficient (Wildman–Crippen LogP) is 2.84. The number of hydrogen-bond acceptors (Lipinski definition) is 2. The summed E-state index contributed by atoms with van der Waals surface area (Å²) in [6.07, 6.45) is 2.15. The molecule has 1 heterocycles. The zero-order valence-corrected chi connectivity index (χ0v) is 10.5. The van der Waals surface area contributed by atoms with Crippen molar-refractivity contribution in [3.05, 3.63) is 0 Å². The second kappa shape index (κ2) is 3.90. The highest BCUT2D eigenvalue weighted by molar-refractivity contribution is 6.66. The minimum absolute atomic E-state index is 0.166. The third-order valence-electron chi connectivity index (χ3n) is 3.59. The van der Waals surface area contributed by atoms with Gasteiger partial charge >= 0.3 is 0 Å². The van der Waals surface area contributed by atoms with E-state index in [0.717, 1.165) is 12.8 Å². The van der Waals surface area contributed by atoms with Gasteiger partial charge in [-0.1, -0.05) is 11.6 Å². The van der Waals surface area contributed by atoms with Crippen LogP contribution < -0.4 is 0 Å². The molecule has 2 nitrogen and oxygen atoms in total. The summed E-state index contributed by atoms with van der Waals surface area (Å²) in [5.74, 6) is 0.767. The minimum atomic E-state index is -0.542. The van der Waals surface area contributed by atoms with E-state index in [2.05, 4.69) is 4.99 Å². The molecule has 1 aliphatic heterocycles. The van der Waals surface area contributed by atoms with E-state index in [0.29, 0.717) is 29.9 Å². The van der Waals surface area contributed by atoms with Crippen molar-refractivity contribution in [3.8, 4) is 0 Å². The first-order valence-corrected chi connectivity index (χ1v) is 6.39. The summed E-state index contributed by atoms with van der Waals surface area (Å²) in [5, 5.41) is 0.559. The highest BCUT2D eigenvalue weighted by Gasteiger charge is 2.57. The van der Waals surface area contributed by atoms with Crippen LogP contribution in [0.5, 0.6) is 0 Å². The van der Waals surface area contributed by atoms with Crippen LogP contribution in [0.3, 0.4) is 0 Å². The van der Waals surface area contributed by atoms with Gasteiger partial charge in [0, 0.05) is 18.2 Å². The Morgan fingerprint density at radius 2 is 1.93 bits per heavy atom. The number of Topliss-reactive ketones (excluding diaryl/α,β-unsaturated/α-hetero) is 1.